The lowest BCUT2D eigenvalue weighted by atomic mass is 9.92. The predicted octanol–water partition coefficient (Wildman–Crippen LogP) is 2.35. The minimum Gasteiger partial charge on any atom is -0.271 e. The Morgan fingerprint density at radius 1 is 1.07 bits per heavy atom. The third kappa shape index (κ3) is 3.13. The molecule has 0 amide bonds. The van der Waals surface area contributed by atoms with E-state index in [9.17, 15) is 13.2 Å². The molecule has 0 heterocycles. The van der Waals surface area contributed by atoms with E-state index in [0.29, 0.717) is 12.8 Å². The van der Waals surface area contributed by atoms with Crippen LogP contribution in [0, 0.1) is 5.92 Å². The SMILES string of the molecule is NNC(C1CCCCCC1)C(F)(F)F. The molecule has 0 aromatic heterocycles. The van der Waals surface area contributed by atoms with E-state index in [1.54, 1.807) is 0 Å². The molecule has 0 radical (unpaired) electrons. The van der Waals surface area contributed by atoms with Crippen LogP contribution < -0.4 is 11.3 Å². The minimum absolute atomic E-state index is 0.345. The second-order valence-corrected chi connectivity index (χ2v) is 3.94. The number of alkyl halides is 3. The standard InChI is InChI=1S/C9H17F3N2/c10-9(11,12)8(14-13)7-5-3-1-2-4-6-7/h7-8,14H,1-6,13H2. The molecule has 1 unspecified atom stereocenters. The normalized spacial score (nSPS) is 23.1. The molecule has 1 atom stereocenters. The van der Waals surface area contributed by atoms with Crippen LogP contribution in [0.2, 0.25) is 0 Å². The van der Waals surface area contributed by atoms with E-state index < -0.39 is 12.2 Å². The van der Waals surface area contributed by atoms with Crippen LogP contribution in [0.1, 0.15) is 38.5 Å². The summed E-state index contributed by atoms with van der Waals surface area (Å²) in [4.78, 5) is 0. The molecule has 0 aromatic rings. The van der Waals surface area contributed by atoms with Crippen LogP contribution in [0.5, 0.6) is 0 Å². The van der Waals surface area contributed by atoms with Gasteiger partial charge in [-0.15, -0.1) is 0 Å². The molecule has 1 aliphatic carbocycles. The monoisotopic (exact) mass is 210 g/mol. The number of rotatable bonds is 2. The summed E-state index contributed by atoms with van der Waals surface area (Å²) in [5, 5.41) is 0. The summed E-state index contributed by atoms with van der Waals surface area (Å²) in [6.45, 7) is 0. The maximum atomic E-state index is 12.5. The lowest BCUT2D eigenvalue weighted by Crippen LogP contribution is -2.50. The second-order valence-electron chi connectivity index (χ2n) is 3.94. The van der Waals surface area contributed by atoms with Gasteiger partial charge in [0.05, 0.1) is 0 Å². The van der Waals surface area contributed by atoms with E-state index in [2.05, 4.69) is 0 Å². The van der Waals surface area contributed by atoms with Gasteiger partial charge in [-0.05, 0) is 18.8 Å². The zero-order chi connectivity index (χ0) is 10.6. The van der Waals surface area contributed by atoms with Crippen LogP contribution in [0.25, 0.3) is 0 Å². The molecule has 1 aliphatic rings. The van der Waals surface area contributed by atoms with E-state index >= 15 is 0 Å². The molecule has 1 rings (SSSR count). The maximum Gasteiger partial charge on any atom is 0.405 e. The third-order valence-electron chi connectivity index (χ3n) is 2.90. The van der Waals surface area contributed by atoms with E-state index in [4.69, 9.17) is 5.84 Å². The van der Waals surface area contributed by atoms with Crippen LogP contribution in [-0.4, -0.2) is 12.2 Å². The van der Waals surface area contributed by atoms with Crippen molar-refractivity contribution >= 4 is 0 Å². The molecule has 84 valence electrons. The molecular weight excluding hydrogens is 193 g/mol. The Morgan fingerprint density at radius 2 is 1.57 bits per heavy atom. The van der Waals surface area contributed by atoms with Crippen molar-refractivity contribution in [1.29, 1.82) is 0 Å². The van der Waals surface area contributed by atoms with Crippen molar-refractivity contribution in [3.63, 3.8) is 0 Å². The first kappa shape index (κ1) is 11.8. The van der Waals surface area contributed by atoms with E-state index in [-0.39, 0.29) is 5.92 Å². The summed E-state index contributed by atoms with van der Waals surface area (Å²) in [5.41, 5.74) is 1.91. The van der Waals surface area contributed by atoms with Gasteiger partial charge in [0.25, 0.3) is 0 Å². The van der Waals surface area contributed by atoms with Gasteiger partial charge in [0, 0.05) is 0 Å². The highest BCUT2D eigenvalue weighted by atomic mass is 19.4. The molecule has 0 bridgehead atoms. The first-order valence-corrected chi connectivity index (χ1v) is 5.08. The highest BCUT2D eigenvalue weighted by molar-refractivity contribution is 4.82. The fourth-order valence-corrected chi connectivity index (χ4v) is 2.14. The Hall–Kier alpha value is -0.290. The van der Waals surface area contributed by atoms with Crippen molar-refractivity contribution in [2.24, 2.45) is 11.8 Å². The summed E-state index contributed by atoms with van der Waals surface area (Å²) in [6, 6.07) is -1.53. The van der Waals surface area contributed by atoms with Crippen molar-refractivity contribution in [1.82, 2.24) is 5.43 Å². The summed E-state index contributed by atoms with van der Waals surface area (Å²) >= 11 is 0. The molecule has 0 saturated heterocycles. The molecule has 5 heteroatoms. The van der Waals surface area contributed by atoms with Gasteiger partial charge in [-0.25, -0.2) is 5.43 Å². The van der Waals surface area contributed by atoms with Crippen molar-refractivity contribution in [3.05, 3.63) is 0 Å². The van der Waals surface area contributed by atoms with Gasteiger partial charge in [0.15, 0.2) is 0 Å². The molecule has 1 saturated carbocycles. The lowest BCUT2D eigenvalue weighted by Gasteiger charge is -2.27. The molecule has 2 nitrogen and oxygen atoms in total. The Morgan fingerprint density at radius 3 is 1.93 bits per heavy atom. The number of hydrogen-bond acceptors (Lipinski definition) is 2. The van der Waals surface area contributed by atoms with Crippen LogP contribution in [-0.2, 0) is 0 Å². The zero-order valence-electron chi connectivity index (χ0n) is 8.11. The quantitative estimate of drug-likeness (QED) is 0.417. The molecule has 1 fully saturated rings. The zero-order valence-corrected chi connectivity index (χ0v) is 8.11. The molecule has 14 heavy (non-hydrogen) atoms. The highest BCUT2D eigenvalue weighted by Crippen LogP contribution is 2.33. The fraction of sp³-hybridized carbons (Fsp3) is 1.00. The topological polar surface area (TPSA) is 38.0 Å². The lowest BCUT2D eigenvalue weighted by molar-refractivity contribution is -0.169. The van der Waals surface area contributed by atoms with Gasteiger partial charge < -0.3 is 0 Å². The van der Waals surface area contributed by atoms with E-state index in [0.717, 1.165) is 25.7 Å². The fourth-order valence-electron chi connectivity index (χ4n) is 2.14. The molecule has 0 spiro atoms. The van der Waals surface area contributed by atoms with E-state index in [1.165, 1.54) is 0 Å². The predicted molar refractivity (Wildman–Crippen MR) is 48.4 cm³/mol. The number of nitrogens with one attached hydrogen (secondary N) is 1. The number of hydrazine groups is 1. The van der Waals surface area contributed by atoms with Gasteiger partial charge >= 0.3 is 6.18 Å². The van der Waals surface area contributed by atoms with Crippen molar-refractivity contribution in [2.75, 3.05) is 0 Å². The average Bonchev–Trinajstić information content (AvgIpc) is 2.31. The highest BCUT2D eigenvalue weighted by Gasteiger charge is 2.43. The van der Waals surface area contributed by atoms with Crippen LogP contribution in [0.3, 0.4) is 0 Å². The van der Waals surface area contributed by atoms with Gasteiger partial charge in [-0.3, -0.25) is 5.84 Å². The van der Waals surface area contributed by atoms with Crippen LogP contribution >= 0.6 is 0 Å². The summed E-state index contributed by atoms with van der Waals surface area (Å²) in [6.07, 6.45) is 0.918. The van der Waals surface area contributed by atoms with Gasteiger partial charge in [-0.2, -0.15) is 13.2 Å². The van der Waals surface area contributed by atoms with Crippen LogP contribution in [0.4, 0.5) is 13.2 Å². The summed E-state index contributed by atoms with van der Waals surface area (Å²) in [7, 11) is 0. The van der Waals surface area contributed by atoms with Gasteiger partial charge in [0.2, 0.25) is 0 Å². The number of nitrogens with two attached hydrogens (primary N) is 1. The summed E-state index contributed by atoms with van der Waals surface area (Å²) < 4.78 is 37.5. The number of hydrogen-bond donors (Lipinski definition) is 2. The first-order chi connectivity index (χ1) is 6.55. The van der Waals surface area contributed by atoms with Gasteiger partial charge in [0.1, 0.15) is 6.04 Å². The first-order valence-electron chi connectivity index (χ1n) is 5.08. The molecule has 0 aromatic carbocycles. The second kappa shape index (κ2) is 4.98. The Kier molecular flexibility index (Phi) is 4.19. The number of halogens is 3. The summed E-state index contributed by atoms with van der Waals surface area (Å²) in [5.74, 6) is 4.63. The van der Waals surface area contributed by atoms with Gasteiger partial charge in [-0.1, -0.05) is 25.7 Å². The van der Waals surface area contributed by atoms with Crippen molar-refractivity contribution in [2.45, 2.75) is 50.7 Å². The molecule has 3 N–H and O–H groups in total. The smallest absolute Gasteiger partial charge is 0.271 e. The van der Waals surface area contributed by atoms with Crippen molar-refractivity contribution < 1.29 is 13.2 Å². The Balaban J connectivity index is 2.58. The largest absolute Gasteiger partial charge is 0.405 e. The van der Waals surface area contributed by atoms with Crippen molar-refractivity contribution in [3.8, 4) is 0 Å². The van der Waals surface area contributed by atoms with E-state index in [1.807, 2.05) is 5.43 Å². The Labute approximate surface area is 82.0 Å². The molecule has 0 aliphatic heterocycles. The molecular formula is C9H17F3N2. The average molecular weight is 210 g/mol. The minimum atomic E-state index is -4.22. The van der Waals surface area contributed by atoms with Crippen LogP contribution in [0.15, 0.2) is 0 Å². The third-order valence-corrected chi connectivity index (χ3v) is 2.90. The maximum absolute atomic E-state index is 12.5. The Bertz CT molecular complexity index is 162.